The highest BCUT2D eigenvalue weighted by Gasteiger charge is 2.20. The summed E-state index contributed by atoms with van der Waals surface area (Å²) >= 11 is 0. The van der Waals surface area contributed by atoms with Gasteiger partial charge in [0, 0.05) is 24.8 Å². The van der Waals surface area contributed by atoms with Crippen molar-refractivity contribution in [3.05, 3.63) is 24.0 Å². The van der Waals surface area contributed by atoms with Crippen LogP contribution in [0.5, 0.6) is 5.75 Å². The smallest absolute Gasteiger partial charge is 0.141 e. The molecule has 1 fully saturated rings. The van der Waals surface area contributed by atoms with E-state index in [0.717, 1.165) is 18.0 Å². The number of nitrogens with zero attached hydrogens (tertiary/aromatic N) is 2. The maximum absolute atomic E-state index is 5.32. The number of ether oxygens (including phenoxy) is 1. The van der Waals surface area contributed by atoms with Gasteiger partial charge in [-0.05, 0) is 51.9 Å². The van der Waals surface area contributed by atoms with Crippen LogP contribution in [0.15, 0.2) is 18.3 Å². The Kier molecular flexibility index (Phi) is 5.16. The third kappa shape index (κ3) is 3.91. The Morgan fingerprint density at radius 1 is 1.42 bits per heavy atom. The van der Waals surface area contributed by atoms with Crippen LogP contribution >= 0.6 is 0 Å². The van der Waals surface area contributed by atoms with Gasteiger partial charge in [0.1, 0.15) is 5.75 Å². The van der Waals surface area contributed by atoms with E-state index in [0.29, 0.717) is 12.1 Å². The van der Waals surface area contributed by atoms with Gasteiger partial charge in [-0.25, -0.2) is 0 Å². The normalized spacial score (nSPS) is 17.9. The SMILES string of the molecule is COc1cccnc1CNC1CCN(C(C)C)CC1. The van der Waals surface area contributed by atoms with Crippen LogP contribution in [0, 0.1) is 0 Å². The van der Waals surface area contributed by atoms with Crippen LogP contribution < -0.4 is 10.1 Å². The zero-order valence-corrected chi connectivity index (χ0v) is 12.2. The summed E-state index contributed by atoms with van der Waals surface area (Å²) < 4.78 is 5.32. The summed E-state index contributed by atoms with van der Waals surface area (Å²) in [4.78, 5) is 6.92. The van der Waals surface area contributed by atoms with Crippen LogP contribution in [-0.2, 0) is 6.54 Å². The molecule has 0 aromatic carbocycles. The Balaban J connectivity index is 1.80. The topological polar surface area (TPSA) is 37.4 Å². The Hall–Kier alpha value is -1.13. The molecular weight excluding hydrogens is 238 g/mol. The summed E-state index contributed by atoms with van der Waals surface area (Å²) in [6.45, 7) is 7.71. The number of rotatable bonds is 5. The zero-order valence-electron chi connectivity index (χ0n) is 12.2. The van der Waals surface area contributed by atoms with E-state index in [4.69, 9.17) is 4.74 Å². The predicted octanol–water partition coefficient (Wildman–Crippen LogP) is 2.05. The van der Waals surface area contributed by atoms with Gasteiger partial charge in [0.25, 0.3) is 0 Å². The molecule has 1 saturated heterocycles. The molecule has 4 heteroatoms. The molecule has 0 amide bonds. The summed E-state index contributed by atoms with van der Waals surface area (Å²) in [5.41, 5.74) is 0.997. The fourth-order valence-corrected chi connectivity index (χ4v) is 2.60. The molecule has 1 aliphatic rings. The molecule has 19 heavy (non-hydrogen) atoms. The van der Waals surface area contributed by atoms with E-state index in [1.807, 2.05) is 18.3 Å². The molecule has 1 N–H and O–H groups in total. The fourth-order valence-electron chi connectivity index (χ4n) is 2.60. The molecule has 1 aromatic heterocycles. The van der Waals surface area contributed by atoms with Crippen molar-refractivity contribution >= 4 is 0 Å². The van der Waals surface area contributed by atoms with Gasteiger partial charge in [0.2, 0.25) is 0 Å². The second kappa shape index (κ2) is 6.87. The Bertz CT molecular complexity index is 387. The summed E-state index contributed by atoms with van der Waals surface area (Å²) in [6, 6.07) is 5.13. The van der Waals surface area contributed by atoms with E-state index in [1.54, 1.807) is 7.11 Å². The number of piperidine rings is 1. The predicted molar refractivity (Wildman–Crippen MR) is 77.4 cm³/mol. The van der Waals surface area contributed by atoms with Crippen molar-refractivity contribution in [2.45, 2.75) is 45.3 Å². The van der Waals surface area contributed by atoms with Crippen molar-refractivity contribution in [2.24, 2.45) is 0 Å². The second-order valence-electron chi connectivity index (χ2n) is 5.44. The minimum atomic E-state index is 0.599. The lowest BCUT2D eigenvalue weighted by Crippen LogP contribution is -2.44. The first-order chi connectivity index (χ1) is 9.20. The molecule has 0 saturated carbocycles. The Labute approximate surface area is 116 Å². The summed E-state index contributed by atoms with van der Waals surface area (Å²) in [7, 11) is 1.70. The van der Waals surface area contributed by atoms with E-state index in [2.05, 4.69) is 29.0 Å². The molecule has 0 radical (unpaired) electrons. The maximum atomic E-state index is 5.32. The molecule has 0 aliphatic carbocycles. The van der Waals surface area contributed by atoms with E-state index in [9.17, 15) is 0 Å². The number of likely N-dealkylation sites (tertiary alicyclic amines) is 1. The Morgan fingerprint density at radius 3 is 2.79 bits per heavy atom. The Morgan fingerprint density at radius 2 is 2.16 bits per heavy atom. The van der Waals surface area contributed by atoms with Gasteiger partial charge in [-0.1, -0.05) is 0 Å². The van der Waals surface area contributed by atoms with Crippen LogP contribution in [0.2, 0.25) is 0 Å². The van der Waals surface area contributed by atoms with Gasteiger partial charge in [-0.2, -0.15) is 0 Å². The van der Waals surface area contributed by atoms with E-state index in [-0.39, 0.29) is 0 Å². The van der Waals surface area contributed by atoms with Crippen molar-refractivity contribution in [1.82, 2.24) is 15.2 Å². The minimum absolute atomic E-state index is 0.599. The molecule has 0 spiro atoms. The largest absolute Gasteiger partial charge is 0.495 e. The van der Waals surface area contributed by atoms with Crippen LogP contribution in [0.1, 0.15) is 32.4 Å². The third-order valence-corrected chi connectivity index (χ3v) is 3.89. The van der Waals surface area contributed by atoms with Crippen LogP contribution in [-0.4, -0.2) is 42.2 Å². The minimum Gasteiger partial charge on any atom is -0.495 e. The second-order valence-corrected chi connectivity index (χ2v) is 5.44. The van der Waals surface area contributed by atoms with Gasteiger partial charge >= 0.3 is 0 Å². The molecule has 0 atom stereocenters. The first kappa shape index (κ1) is 14.3. The number of pyridine rings is 1. The van der Waals surface area contributed by atoms with Crippen molar-refractivity contribution in [3.63, 3.8) is 0 Å². The molecule has 0 unspecified atom stereocenters. The van der Waals surface area contributed by atoms with Gasteiger partial charge in [-0.3, -0.25) is 4.98 Å². The average Bonchev–Trinajstić information content (AvgIpc) is 2.45. The molecule has 2 heterocycles. The van der Waals surface area contributed by atoms with Gasteiger partial charge in [-0.15, -0.1) is 0 Å². The quantitative estimate of drug-likeness (QED) is 0.882. The van der Waals surface area contributed by atoms with Crippen molar-refractivity contribution in [2.75, 3.05) is 20.2 Å². The standard InChI is InChI=1S/C15H25N3O/c1-12(2)18-9-6-13(7-10-18)17-11-14-15(19-3)5-4-8-16-14/h4-5,8,12-13,17H,6-7,9-11H2,1-3H3. The monoisotopic (exact) mass is 263 g/mol. The van der Waals surface area contributed by atoms with Crippen molar-refractivity contribution < 1.29 is 4.74 Å². The highest BCUT2D eigenvalue weighted by molar-refractivity contribution is 5.26. The molecule has 106 valence electrons. The number of hydrogen-bond donors (Lipinski definition) is 1. The van der Waals surface area contributed by atoms with Gasteiger partial charge in [0.15, 0.2) is 0 Å². The lowest BCUT2D eigenvalue weighted by molar-refractivity contribution is 0.160. The van der Waals surface area contributed by atoms with Crippen molar-refractivity contribution in [1.29, 1.82) is 0 Å². The number of nitrogens with one attached hydrogen (secondary N) is 1. The summed E-state index contributed by atoms with van der Waals surface area (Å²) in [5, 5.41) is 3.60. The lowest BCUT2D eigenvalue weighted by Gasteiger charge is -2.35. The lowest BCUT2D eigenvalue weighted by atomic mass is 10.0. The average molecular weight is 263 g/mol. The molecule has 4 nitrogen and oxygen atoms in total. The number of aromatic nitrogens is 1. The van der Waals surface area contributed by atoms with Crippen LogP contribution in [0.3, 0.4) is 0 Å². The van der Waals surface area contributed by atoms with Gasteiger partial charge < -0.3 is 15.0 Å². The fraction of sp³-hybridized carbons (Fsp3) is 0.667. The van der Waals surface area contributed by atoms with E-state index in [1.165, 1.54) is 25.9 Å². The van der Waals surface area contributed by atoms with E-state index >= 15 is 0 Å². The zero-order chi connectivity index (χ0) is 13.7. The summed E-state index contributed by atoms with van der Waals surface area (Å²) in [5.74, 6) is 0.870. The first-order valence-corrected chi connectivity index (χ1v) is 7.16. The van der Waals surface area contributed by atoms with Crippen molar-refractivity contribution in [3.8, 4) is 5.75 Å². The maximum Gasteiger partial charge on any atom is 0.141 e. The molecule has 2 rings (SSSR count). The van der Waals surface area contributed by atoms with Crippen LogP contribution in [0.25, 0.3) is 0 Å². The number of hydrogen-bond acceptors (Lipinski definition) is 4. The van der Waals surface area contributed by atoms with E-state index < -0.39 is 0 Å². The molecule has 1 aliphatic heterocycles. The highest BCUT2D eigenvalue weighted by atomic mass is 16.5. The first-order valence-electron chi connectivity index (χ1n) is 7.16. The molecule has 1 aromatic rings. The number of methoxy groups -OCH3 is 1. The van der Waals surface area contributed by atoms with Crippen LogP contribution in [0.4, 0.5) is 0 Å². The molecular formula is C15H25N3O. The third-order valence-electron chi connectivity index (χ3n) is 3.89. The highest BCUT2D eigenvalue weighted by Crippen LogP contribution is 2.16. The summed E-state index contributed by atoms with van der Waals surface area (Å²) in [6.07, 6.45) is 4.25. The van der Waals surface area contributed by atoms with Gasteiger partial charge in [0.05, 0.1) is 12.8 Å². The molecule has 0 bridgehead atoms.